The fraction of sp³-hybridized carbons (Fsp3) is 0.350. The van der Waals surface area contributed by atoms with Gasteiger partial charge in [0, 0.05) is 24.7 Å². The number of carbonyl (C=O) groups is 1. The Morgan fingerprint density at radius 1 is 1.18 bits per heavy atom. The van der Waals surface area contributed by atoms with E-state index in [4.69, 9.17) is 4.74 Å². The van der Waals surface area contributed by atoms with E-state index < -0.39 is 15.8 Å². The van der Waals surface area contributed by atoms with Crippen LogP contribution in [0.25, 0.3) is 0 Å². The molecule has 150 valence electrons. The first-order valence-corrected chi connectivity index (χ1v) is 10.5. The predicted octanol–water partition coefficient (Wildman–Crippen LogP) is 3.18. The Hall–Kier alpha value is -2.45. The SMILES string of the molecule is COc1ccc(F)cc1S(=O)(=O)N1CCC(C(=O)Nc2ccccc2C)CC1. The number of carbonyl (C=O) groups excluding carboxylic acids is 1. The van der Waals surface area contributed by atoms with E-state index in [1.54, 1.807) is 0 Å². The molecule has 0 bridgehead atoms. The molecule has 0 aromatic heterocycles. The van der Waals surface area contributed by atoms with Crippen molar-refractivity contribution in [3.63, 3.8) is 0 Å². The van der Waals surface area contributed by atoms with Gasteiger partial charge in [-0.25, -0.2) is 12.8 Å². The summed E-state index contributed by atoms with van der Waals surface area (Å²) < 4.78 is 45.8. The largest absolute Gasteiger partial charge is 0.495 e. The van der Waals surface area contributed by atoms with Gasteiger partial charge in [0.15, 0.2) is 0 Å². The highest BCUT2D eigenvalue weighted by atomic mass is 32.2. The van der Waals surface area contributed by atoms with Gasteiger partial charge in [0.25, 0.3) is 0 Å². The summed E-state index contributed by atoms with van der Waals surface area (Å²) in [7, 11) is -2.56. The minimum absolute atomic E-state index is 0.0980. The van der Waals surface area contributed by atoms with Crippen LogP contribution >= 0.6 is 0 Å². The number of para-hydroxylation sites is 1. The van der Waals surface area contributed by atoms with Crippen LogP contribution in [0.3, 0.4) is 0 Å². The molecule has 1 saturated heterocycles. The van der Waals surface area contributed by atoms with E-state index in [9.17, 15) is 17.6 Å². The van der Waals surface area contributed by atoms with Crippen LogP contribution in [0.5, 0.6) is 5.75 Å². The van der Waals surface area contributed by atoms with Gasteiger partial charge in [-0.2, -0.15) is 4.31 Å². The topological polar surface area (TPSA) is 75.7 Å². The van der Waals surface area contributed by atoms with Gasteiger partial charge in [0.1, 0.15) is 16.5 Å². The molecular formula is C20H23FN2O4S. The third kappa shape index (κ3) is 4.18. The number of halogens is 1. The fourth-order valence-electron chi connectivity index (χ4n) is 3.30. The normalized spacial score (nSPS) is 16.0. The number of hydrogen-bond acceptors (Lipinski definition) is 4. The number of ether oxygens (including phenoxy) is 1. The summed E-state index contributed by atoms with van der Waals surface area (Å²) in [5, 5.41) is 2.91. The minimum Gasteiger partial charge on any atom is -0.495 e. The molecule has 6 nitrogen and oxygen atoms in total. The number of amides is 1. The molecule has 2 aromatic carbocycles. The van der Waals surface area contributed by atoms with Crippen molar-refractivity contribution in [2.75, 3.05) is 25.5 Å². The molecule has 0 radical (unpaired) electrons. The number of methoxy groups -OCH3 is 1. The van der Waals surface area contributed by atoms with Crippen molar-refractivity contribution in [1.82, 2.24) is 4.31 Å². The standard InChI is InChI=1S/C20H23FN2O4S/c1-14-5-3-4-6-17(14)22-20(24)15-9-11-23(12-10-15)28(25,26)19-13-16(21)7-8-18(19)27-2/h3-8,13,15H,9-12H2,1-2H3,(H,22,24). The summed E-state index contributed by atoms with van der Waals surface area (Å²) >= 11 is 0. The number of anilines is 1. The van der Waals surface area contributed by atoms with E-state index in [2.05, 4.69) is 5.32 Å². The molecule has 1 N–H and O–H groups in total. The second-order valence-electron chi connectivity index (χ2n) is 6.78. The maximum Gasteiger partial charge on any atom is 0.246 e. The van der Waals surface area contributed by atoms with Crippen LogP contribution in [-0.2, 0) is 14.8 Å². The van der Waals surface area contributed by atoms with E-state index in [1.807, 2.05) is 31.2 Å². The van der Waals surface area contributed by atoms with Crippen molar-refractivity contribution in [1.29, 1.82) is 0 Å². The Morgan fingerprint density at radius 3 is 2.50 bits per heavy atom. The first-order valence-electron chi connectivity index (χ1n) is 9.03. The molecule has 1 aliphatic rings. The van der Waals surface area contributed by atoms with E-state index >= 15 is 0 Å². The number of nitrogens with zero attached hydrogens (tertiary/aromatic N) is 1. The molecule has 0 atom stereocenters. The summed E-state index contributed by atoms with van der Waals surface area (Å²) in [4.78, 5) is 12.3. The maximum absolute atomic E-state index is 13.6. The Balaban J connectivity index is 1.69. The second-order valence-corrected chi connectivity index (χ2v) is 8.68. The zero-order valence-electron chi connectivity index (χ0n) is 15.8. The van der Waals surface area contributed by atoms with Crippen LogP contribution in [0, 0.1) is 18.7 Å². The number of sulfonamides is 1. The average Bonchev–Trinajstić information content (AvgIpc) is 2.69. The Morgan fingerprint density at radius 2 is 1.86 bits per heavy atom. The molecule has 1 heterocycles. The molecule has 0 saturated carbocycles. The molecule has 1 amide bonds. The third-order valence-corrected chi connectivity index (χ3v) is 6.89. The van der Waals surface area contributed by atoms with Crippen LogP contribution in [0.4, 0.5) is 10.1 Å². The lowest BCUT2D eigenvalue weighted by molar-refractivity contribution is -0.120. The number of piperidine rings is 1. The first-order chi connectivity index (χ1) is 13.3. The number of benzene rings is 2. The van der Waals surface area contributed by atoms with Gasteiger partial charge in [-0.15, -0.1) is 0 Å². The number of nitrogens with one attached hydrogen (secondary N) is 1. The molecule has 2 aromatic rings. The zero-order chi connectivity index (χ0) is 20.3. The van der Waals surface area contributed by atoms with E-state index in [-0.39, 0.29) is 35.6 Å². The van der Waals surface area contributed by atoms with Gasteiger partial charge >= 0.3 is 0 Å². The quantitative estimate of drug-likeness (QED) is 0.828. The minimum atomic E-state index is -3.91. The van der Waals surface area contributed by atoms with Gasteiger partial charge in [0.05, 0.1) is 7.11 Å². The van der Waals surface area contributed by atoms with Crippen molar-refractivity contribution in [2.45, 2.75) is 24.7 Å². The highest BCUT2D eigenvalue weighted by Gasteiger charge is 2.34. The smallest absolute Gasteiger partial charge is 0.246 e. The molecule has 0 aliphatic carbocycles. The zero-order valence-corrected chi connectivity index (χ0v) is 16.6. The van der Waals surface area contributed by atoms with Crippen molar-refractivity contribution in [2.24, 2.45) is 5.92 Å². The summed E-state index contributed by atoms with van der Waals surface area (Å²) in [6, 6.07) is 10.9. The fourth-order valence-corrected chi connectivity index (χ4v) is 4.93. The van der Waals surface area contributed by atoms with Crippen LogP contribution in [0.15, 0.2) is 47.4 Å². The maximum atomic E-state index is 13.6. The van der Waals surface area contributed by atoms with Crippen LogP contribution < -0.4 is 10.1 Å². The highest BCUT2D eigenvalue weighted by Crippen LogP contribution is 2.30. The van der Waals surface area contributed by atoms with Crippen LogP contribution in [-0.4, -0.2) is 38.8 Å². The number of hydrogen-bond donors (Lipinski definition) is 1. The highest BCUT2D eigenvalue weighted by molar-refractivity contribution is 7.89. The van der Waals surface area contributed by atoms with Gasteiger partial charge in [-0.05, 0) is 49.6 Å². The van der Waals surface area contributed by atoms with Crippen molar-refractivity contribution in [3.05, 3.63) is 53.8 Å². The third-order valence-electron chi connectivity index (χ3n) is 4.97. The first kappa shape index (κ1) is 20.3. The lowest BCUT2D eigenvalue weighted by Gasteiger charge is -2.31. The Labute approximate surface area is 164 Å². The molecule has 0 spiro atoms. The molecule has 8 heteroatoms. The Kier molecular flexibility index (Phi) is 6.00. The Bertz CT molecular complexity index is 970. The van der Waals surface area contributed by atoms with Crippen LogP contribution in [0.1, 0.15) is 18.4 Å². The van der Waals surface area contributed by atoms with Crippen molar-refractivity contribution < 1.29 is 22.3 Å². The molecule has 1 aliphatic heterocycles. The summed E-state index contributed by atoms with van der Waals surface area (Å²) in [6.45, 7) is 2.29. The molecule has 3 rings (SSSR count). The summed E-state index contributed by atoms with van der Waals surface area (Å²) in [5.74, 6) is -0.942. The molecule has 28 heavy (non-hydrogen) atoms. The number of rotatable bonds is 5. The lowest BCUT2D eigenvalue weighted by atomic mass is 9.97. The van der Waals surface area contributed by atoms with E-state index in [1.165, 1.54) is 17.5 Å². The van der Waals surface area contributed by atoms with E-state index in [0.717, 1.165) is 23.4 Å². The van der Waals surface area contributed by atoms with Gasteiger partial charge in [-0.1, -0.05) is 18.2 Å². The van der Waals surface area contributed by atoms with Crippen molar-refractivity contribution >= 4 is 21.6 Å². The van der Waals surface area contributed by atoms with Gasteiger partial charge in [-0.3, -0.25) is 4.79 Å². The van der Waals surface area contributed by atoms with E-state index in [0.29, 0.717) is 12.8 Å². The average molecular weight is 406 g/mol. The predicted molar refractivity (Wildman–Crippen MR) is 104 cm³/mol. The van der Waals surface area contributed by atoms with Gasteiger partial charge < -0.3 is 10.1 Å². The molecule has 0 unspecified atom stereocenters. The lowest BCUT2D eigenvalue weighted by Crippen LogP contribution is -2.41. The molecular weight excluding hydrogens is 383 g/mol. The second kappa shape index (κ2) is 8.28. The number of aryl methyl sites for hydroxylation is 1. The summed E-state index contributed by atoms with van der Waals surface area (Å²) in [5.41, 5.74) is 1.72. The molecule has 1 fully saturated rings. The van der Waals surface area contributed by atoms with Gasteiger partial charge in [0.2, 0.25) is 15.9 Å². The monoisotopic (exact) mass is 406 g/mol. The van der Waals surface area contributed by atoms with Crippen molar-refractivity contribution in [3.8, 4) is 5.75 Å². The summed E-state index contributed by atoms with van der Waals surface area (Å²) in [6.07, 6.45) is 0.795. The van der Waals surface area contributed by atoms with Crippen LogP contribution in [0.2, 0.25) is 0 Å².